The topological polar surface area (TPSA) is 60.2 Å². The van der Waals surface area contributed by atoms with Crippen molar-refractivity contribution in [2.24, 2.45) is 0 Å². The van der Waals surface area contributed by atoms with Gasteiger partial charge in [-0.3, -0.25) is 0 Å². The number of hydrogen-bond acceptors (Lipinski definition) is 5. The zero-order chi connectivity index (χ0) is 20.3. The van der Waals surface area contributed by atoms with Gasteiger partial charge >= 0.3 is 12.8 Å². The molecule has 0 aliphatic rings. The first kappa shape index (κ1) is 19.9. The average molecular weight is 420 g/mol. The largest absolute Gasteiger partial charge is 0.433 e. The fourth-order valence-corrected chi connectivity index (χ4v) is 2.46. The first-order valence-corrected chi connectivity index (χ1v) is 8.08. The lowest BCUT2D eigenvalue weighted by Crippen LogP contribution is -2.04. The summed E-state index contributed by atoms with van der Waals surface area (Å²) in [6, 6.07) is 8.46. The van der Waals surface area contributed by atoms with Gasteiger partial charge in [-0.15, -0.1) is 0 Å². The molecule has 2 aromatic carbocycles. The molecule has 0 aliphatic heterocycles. The third kappa shape index (κ3) is 4.89. The molecule has 3 aromatic rings. The molecular weight excluding hydrogens is 409 g/mol. The maximum atomic E-state index is 12.6. The van der Waals surface area contributed by atoms with E-state index in [9.17, 15) is 22.0 Å². The van der Waals surface area contributed by atoms with Crippen LogP contribution in [0.15, 0.2) is 47.0 Å². The van der Waals surface area contributed by atoms with E-state index < -0.39 is 18.4 Å². The minimum Gasteiger partial charge on any atom is -0.433 e. The van der Waals surface area contributed by atoms with E-state index in [-0.39, 0.29) is 29.0 Å². The van der Waals surface area contributed by atoms with E-state index >= 15 is 0 Å². The second-order valence-corrected chi connectivity index (χ2v) is 5.87. The Bertz CT molecular complexity index is 945. The van der Waals surface area contributed by atoms with Gasteiger partial charge in [0.2, 0.25) is 11.7 Å². The van der Waals surface area contributed by atoms with Gasteiger partial charge in [0.1, 0.15) is 5.75 Å². The molecule has 148 valence electrons. The minimum atomic E-state index is -4.43. The highest BCUT2D eigenvalue weighted by molar-refractivity contribution is 6.32. The second-order valence-electron chi connectivity index (χ2n) is 5.46. The summed E-state index contributed by atoms with van der Waals surface area (Å²) in [6.07, 6.45) is -4.43. The van der Waals surface area contributed by atoms with Crippen LogP contribution in [-0.4, -0.2) is 16.8 Å². The molecule has 28 heavy (non-hydrogen) atoms. The number of nitrogens with zero attached hydrogens (tertiary/aromatic N) is 2. The predicted octanol–water partition coefficient (Wildman–Crippen LogP) is 5.62. The van der Waals surface area contributed by atoms with Gasteiger partial charge in [-0.25, -0.2) is 0 Å². The van der Waals surface area contributed by atoms with Crippen LogP contribution in [0.1, 0.15) is 11.5 Å². The highest BCUT2D eigenvalue weighted by Crippen LogP contribution is 2.31. The molecule has 0 amide bonds. The van der Waals surface area contributed by atoms with E-state index in [0.29, 0.717) is 11.3 Å². The molecule has 1 aromatic heterocycles. The summed E-state index contributed by atoms with van der Waals surface area (Å²) in [5.74, 6) is 0.132. The van der Waals surface area contributed by atoms with Gasteiger partial charge in [-0.2, -0.15) is 26.9 Å². The Balaban J connectivity index is 1.64. The highest BCUT2D eigenvalue weighted by Gasteiger charge is 2.30. The van der Waals surface area contributed by atoms with Crippen LogP contribution in [0, 0.1) is 0 Å². The molecule has 1 N–H and O–H groups in total. The van der Waals surface area contributed by atoms with Crippen molar-refractivity contribution >= 4 is 17.3 Å². The van der Waals surface area contributed by atoms with Crippen molar-refractivity contribution in [2.75, 3.05) is 5.32 Å². The van der Waals surface area contributed by atoms with Crippen molar-refractivity contribution in [1.29, 1.82) is 0 Å². The Morgan fingerprint density at radius 1 is 1.11 bits per heavy atom. The average Bonchev–Trinajstić information content (AvgIpc) is 3.10. The van der Waals surface area contributed by atoms with Crippen LogP contribution >= 0.6 is 11.6 Å². The number of rotatable bonds is 6. The molecule has 0 unspecified atom stereocenters. The summed E-state index contributed by atoms with van der Waals surface area (Å²) in [5, 5.41) is 6.61. The normalized spacial score (nSPS) is 11.7. The third-order valence-corrected chi connectivity index (χ3v) is 3.83. The summed E-state index contributed by atoms with van der Waals surface area (Å²) in [6.45, 7) is -2.91. The number of alkyl halides is 5. The molecular formula is C17H11ClF5N3O2. The summed E-state index contributed by atoms with van der Waals surface area (Å²) >= 11 is 5.85. The molecule has 0 aliphatic carbocycles. The second kappa shape index (κ2) is 8.01. The summed E-state index contributed by atoms with van der Waals surface area (Å²) < 4.78 is 71.5. The van der Waals surface area contributed by atoms with Crippen LogP contribution in [0.3, 0.4) is 0 Å². The predicted molar refractivity (Wildman–Crippen MR) is 90.1 cm³/mol. The van der Waals surface area contributed by atoms with Crippen LogP contribution in [0.4, 0.5) is 27.6 Å². The SMILES string of the molecule is FC(F)Oc1ccc(NCc2nc(-c3ccc(C(F)(F)F)cc3)no2)cc1Cl. The Kier molecular flexibility index (Phi) is 5.68. The Morgan fingerprint density at radius 3 is 2.43 bits per heavy atom. The van der Waals surface area contributed by atoms with Gasteiger partial charge in [0.25, 0.3) is 0 Å². The number of anilines is 1. The molecule has 11 heteroatoms. The fraction of sp³-hybridized carbons (Fsp3) is 0.176. The van der Waals surface area contributed by atoms with Gasteiger partial charge in [0, 0.05) is 11.3 Å². The van der Waals surface area contributed by atoms with Gasteiger partial charge in [0.05, 0.1) is 17.1 Å². The molecule has 0 fully saturated rings. The highest BCUT2D eigenvalue weighted by atomic mass is 35.5. The number of aromatic nitrogens is 2. The summed E-state index contributed by atoms with van der Waals surface area (Å²) in [7, 11) is 0. The molecule has 5 nitrogen and oxygen atoms in total. The van der Waals surface area contributed by atoms with E-state index in [1.54, 1.807) is 0 Å². The molecule has 0 radical (unpaired) electrons. The van der Waals surface area contributed by atoms with Gasteiger partial charge < -0.3 is 14.6 Å². The Labute approximate surface area is 160 Å². The van der Waals surface area contributed by atoms with Gasteiger partial charge in [-0.1, -0.05) is 28.9 Å². The lowest BCUT2D eigenvalue weighted by Gasteiger charge is -2.09. The lowest BCUT2D eigenvalue weighted by molar-refractivity contribution is -0.137. The van der Waals surface area contributed by atoms with E-state index in [1.807, 2.05) is 0 Å². The van der Waals surface area contributed by atoms with Crippen molar-refractivity contribution in [1.82, 2.24) is 10.1 Å². The molecule has 0 bridgehead atoms. The number of halogens is 6. The van der Waals surface area contributed by atoms with Crippen LogP contribution < -0.4 is 10.1 Å². The Hall–Kier alpha value is -2.88. The maximum absolute atomic E-state index is 12.6. The van der Waals surface area contributed by atoms with E-state index in [2.05, 4.69) is 20.2 Å². The quantitative estimate of drug-likeness (QED) is 0.525. The van der Waals surface area contributed by atoms with E-state index in [4.69, 9.17) is 16.1 Å². The number of nitrogens with one attached hydrogen (secondary N) is 1. The Morgan fingerprint density at radius 2 is 1.82 bits per heavy atom. The molecule has 0 atom stereocenters. The van der Waals surface area contributed by atoms with Crippen molar-refractivity contribution < 1.29 is 31.2 Å². The summed E-state index contributed by atoms with van der Waals surface area (Å²) in [4.78, 5) is 4.09. The van der Waals surface area contributed by atoms with Gasteiger partial charge in [0.15, 0.2) is 0 Å². The molecule has 0 saturated heterocycles. The first-order chi connectivity index (χ1) is 13.2. The monoisotopic (exact) mass is 419 g/mol. The van der Waals surface area contributed by atoms with E-state index in [0.717, 1.165) is 12.1 Å². The zero-order valence-electron chi connectivity index (χ0n) is 13.8. The molecule has 0 saturated carbocycles. The lowest BCUT2D eigenvalue weighted by atomic mass is 10.1. The number of hydrogen-bond donors (Lipinski definition) is 1. The molecule has 3 rings (SSSR count). The van der Waals surface area contributed by atoms with Crippen LogP contribution in [-0.2, 0) is 12.7 Å². The van der Waals surface area contributed by atoms with Crippen molar-refractivity contribution in [2.45, 2.75) is 19.3 Å². The molecule has 1 heterocycles. The standard InChI is InChI=1S/C17H11ClF5N3O2/c18-12-7-11(5-6-13(12)27-16(19)20)24-8-14-25-15(26-28-14)9-1-3-10(4-2-9)17(21,22)23/h1-7,16,24H,8H2. The molecule has 0 spiro atoms. The third-order valence-electron chi connectivity index (χ3n) is 3.53. The maximum Gasteiger partial charge on any atom is 0.416 e. The van der Waals surface area contributed by atoms with Crippen LogP contribution in [0.5, 0.6) is 5.75 Å². The minimum absolute atomic E-state index is 0.0127. The smallest absolute Gasteiger partial charge is 0.416 e. The zero-order valence-corrected chi connectivity index (χ0v) is 14.6. The summed E-state index contributed by atoms with van der Waals surface area (Å²) in [5.41, 5.74) is 0.0678. The van der Waals surface area contributed by atoms with Crippen LogP contribution in [0.2, 0.25) is 5.02 Å². The van der Waals surface area contributed by atoms with Crippen molar-refractivity contribution in [3.05, 3.63) is 58.9 Å². The fourth-order valence-electron chi connectivity index (χ4n) is 2.23. The van der Waals surface area contributed by atoms with Crippen molar-refractivity contribution in [3.8, 4) is 17.1 Å². The first-order valence-electron chi connectivity index (χ1n) is 7.71. The van der Waals surface area contributed by atoms with Gasteiger partial charge in [-0.05, 0) is 30.3 Å². The van der Waals surface area contributed by atoms with Crippen molar-refractivity contribution in [3.63, 3.8) is 0 Å². The van der Waals surface area contributed by atoms with E-state index in [1.165, 1.54) is 30.3 Å². The number of benzene rings is 2. The van der Waals surface area contributed by atoms with Crippen LogP contribution in [0.25, 0.3) is 11.4 Å². The number of ether oxygens (including phenoxy) is 1.